The maximum atomic E-state index is 8.74. The molecule has 0 saturated carbocycles. The molecule has 0 amide bonds. The van der Waals surface area contributed by atoms with Gasteiger partial charge >= 0.3 is 0 Å². The molecule has 1 saturated heterocycles. The minimum Gasteiger partial charge on any atom is -0.395 e. The lowest BCUT2D eigenvalue weighted by molar-refractivity contribution is 0.0699. The van der Waals surface area contributed by atoms with Crippen molar-refractivity contribution in [3.05, 3.63) is 12.4 Å². The minimum atomic E-state index is 0.0921. The summed E-state index contributed by atoms with van der Waals surface area (Å²) >= 11 is 0. The van der Waals surface area contributed by atoms with Crippen LogP contribution in [0.4, 0.5) is 11.6 Å². The Morgan fingerprint density at radius 2 is 1.94 bits per heavy atom. The zero-order chi connectivity index (χ0) is 12.6. The van der Waals surface area contributed by atoms with Crippen LogP contribution >= 0.6 is 0 Å². The molecule has 6 nitrogen and oxygen atoms in total. The molecule has 1 aliphatic rings. The van der Waals surface area contributed by atoms with E-state index in [9.17, 15) is 0 Å². The minimum absolute atomic E-state index is 0.0921. The van der Waals surface area contributed by atoms with Crippen LogP contribution in [0.3, 0.4) is 0 Å². The molecule has 1 aliphatic heterocycles. The lowest BCUT2D eigenvalue weighted by atomic mass is 10.0. The summed E-state index contributed by atoms with van der Waals surface area (Å²) in [6.45, 7) is 3.23. The Hall–Kier alpha value is -1.40. The average molecular weight is 252 g/mol. The first-order chi connectivity index (χ1) is 8.88. The van der Waals surface area contributed by atoms with Crippen molar-refractivity contribution in [1.82, 2.24) is 9.97 Å². The first-order valence-corrected chi connectivity index (χ1v) is 6.37. The van der Waals surface area contributed by atoms with Crippen molar-refractivity contribution in [2.75, 3.05) is 43.5 Å². The van der Waals surface area contributed by atoms with Crippen LogP contribution in [0.2, 0.25) is 0 Å². The predicted molar refractivity (Wildman–Crippen MR) is 69.6 cm³/mol. The Morgan fingerprint density at radius 1 is 1.22 bits per heavy atom. The van der Waals surface area contributed by atoms with E-state index >= 15 is 0 Å². The molecule has 0 radical (unpaired) electrons. The molecule has 0 bridgehead atoms. The van der Waals surface area contributed by atoms with Gasteiger partial charge in [0.2, 0.25) is 0 Å². The van der Waals surface area contributed by atoms with Crippen LogP contribution in [0, 0.1) is 5.92 Å². The van der Waals surface area contributed by atoms with Crippen LogP contribution in [0.25, 0.3) is 0 Å². The lowest BCUT2D eigenvalue weighted by Crippen LogP contribution is -2.23. The number of nitrogens with zero attached hydrogens (tertiary/aromatic N) is 2. The van der Waals surface area contributed by atoms with Gasteiger partial charge in [0.1, 0.15) is 18.0 Å². The summed E-state index contributed by atoms with van der Waals surface area (Å²) in [4.78, 5) is 8.25. The van der Waals surface area contributed by atoms with Crippen molar-refractivity contribution < 1.29 is 9.84 Å². The highest BCUT2D eigenvalue weighted by Gasteiger charge is 2.13. The van der Waals surface area contributed by atoms with Crippen molar-refractivity contribution in [3.8, 4) is 0 Å². The van der Waals surface area contributed by atoms with Gasteiger partial charge in [-0.3, -0.25) is 0 Å². The second-order valence-electron chi connectivity index (χ2n) is 4.38. The van der Waals surface area contributed by atoms with Gasteiger partial charge in [-0.05, 0) is 18.8 Å². The van der Waals surface area contributed by atoms with Crippen molar-refractivity contribution >= 4 is 11.6 Å². The molecule has 2 rings (SSSR count). The van der Waals surface area contributed by atoms with Gasteiger partial charge in [-0.25, -0.2) is 9.97 Å². The molecule has 3 N–H and O–H groups in total. The highest BCUT2D eigenvalue weighted by atomic mass is 16.5. The maximum Gasteiger partial charge on any atom is 0.131 e. The molecule has 1 aromatic heterocycles. The SMILES string of the molecule is OCCNc1cc(NCC2CCOCC2)ncn1. The Labute approximate surface area is 107 Å². The van der Waals surface area contributed by atoms with Gasteiger partial charge in [0, 0.05) is 32.4 Å². The first kappa shape index (κ1) is 13.0. The molecular weight excluding hydrogens is 232 g/mol. The molecule has 100 valence electrons. The molecule has 0 spiro atoms. The van der Waals surface area contributed by atoms with E-state index in [4.69, 9.17) is 9.84 Å². The highest BCUT2D eigenvalue weighted by molar-refractivity contribution is 5.46. The summed E-state index contributed by atoms with van der Waals surface area (Å²) in [6, 6.07) is 1.86. The van der Waals surface area contributed by atoms with Gasteiger partial charge in [0.25, 0.3) is 0 Å². The molecule has 0 unspecified atom stereocenters. The van der Waals surface area contributed by atoms with E-state index in [0.29, 0.717) is 12.5 Å². The van der Waals surface area contributed by atoms with Gasteiger partial charge < -0.3 is 20.5 Å². The predicted octanol–water partition coefficient (Wildman–Crippen LogP) is 0.719. The molecular formula is C12H20N4O2. The van der Waals surface area contributed by atoms with Crippen molar-refractivity contribution in [1.29, 1.82) is 0 Å². The summed E-state index contributed by atoms with van der Waals surface area (Å²) in [5, 5.41) is 15.1. The standard InChI is InChI=1S/C12H20N4O2/c17-4-3-13-11-7-12(16-9-15-11)14-8-10-1-5-18-6-2-10/h7,9-10,17H,1-6,8H2,(H2,13,14,15,16). The molecule has 18 heavy (non-hydrogen) atoms. The van der Waals surface area contributed by atoms with Gasteiger partial charge in [-0.15, -0.1) is 0 Å². The summed E-state index contributed by atoms with van der Waals surface area (Å²) in [5.41, 5.74) is 0. The van der Waals surface area contributed by atoms with Crippen molar-refractivity contribution in [2.45, 2.75) is 12.8 Å². The normalized spacial score (nSPS) is 16.5. The molecule has 1 aromatic rings. The fourth-order valence-corrected chi connectivity index (χ4v) is 1.93. The third-order valence-electron chi connectivity index (χ3n) is 3.00. The largest absolute Gasteiger partial charge is 0.395 e. The Kier molecular flexibility index (Phi) is 5.16. The molecule has 6 heteroatoms. The van der Waals surface area contributed by atoms with E-state index in [2.05, 4.69) is 20.6 Å². The smallest absolute Gasteiger partial charge is 0.131 e. The average Bonchev–Trinajstić information content (AvgIpc) is 2.44. The van der Waals surface area contributed by atoms with Gasteiger partial charge in [-0.2, -0.15) is 0 Å². The number of aliphatic hydroxyl groups excluding tert-OH is 1. The number of ether oxygens (including phenoxy) is 1. The fourth-order valence-electron chi connectivity index (χ4n) is 1.93. The number of hydrogen-bond donors (Lipinski definition) is 3. The van der Waals surface area contributed by atoms with Gasteiger partial charge in [0.05, 0.1) is 6.61 Å². The Balaban J connectivity index is 1.80. The summed E-state index contributed by atoms with van der Waals surface area (Å²) in [5.74, 6) is 2.20. The number of aromatic nitrogens is 2. The zero-order valence-corrected chi connectivity index (χ0v) is 10.4. The van der Waals surface area contributed by atoms with Crippen LogP contribution in [0.15, 0.2) is 12.4 Å². The molecule has 1 fully saturated rings. The Bertz CT molecular complexity index is 356. The second-order valence-corrected chi connectivity index (χ2v) is 4.38. The number of anilines is 2. The first-order valence-electron chi connectivity index (χ1n) is 6.37. The van der Waals surface area contributed by atoms with E-state index < -0.39 is 0 Å². The van der Waals surface area contributed by atoms with Gasteiger partial charge in [-0.1, -0.05) is 0 Å². The van der Waals surface area contributed by atoms with Crippen LogP contribution < -0.4 is 10.6 Å². The van der Waals surface area contributed by atoms with Crippen LogP contribution in [0.5, 0.6) is 0 Å². The maximum absolute atomic E-state index is 8.74. The summed E-state index contributed by atoms with van der Waals surface area (Å²) in [6.07, 6.45) is 3.73. The van der Waals surface area contributed by atoms with E-state index in [1.807, 2.05) is 6.07 Å². The molecule has 0 aromatic carbocycles. The fraction of sp³-hybridized carbons (Fsp3) is 0.667. The molecule has 2 heterocycles. The summed E-state index contributed by atoms with van der Waals surface area (Å²) < 4.78 is 5.33. The zero-order valence-electron chi connectivity index (χ0n) is 10.4. The molecule has 0 atom stereocenters. The topological polar surface area (TPSA) is 79.3 Å². The van der Waals surface area contributed by atoms with Gasteiger partial charge in [0.15, 0.2) is 0 Å². The van der Waals surface area contributed by atoms with Crippen molar-refractivity contribution in [3.63, 3.8) is 0 Å². The third-order valence-corrected chi connectivity index (χ3v) is 3.00. The van der Waals surface area contributed by atoms with Crippen LogP contribution in [-0.4, -0.2) is 48.0 Å². The number of hydrogen-bond acceptors (Lipinski definition) is 6. The van der Waals surface area contributed by atoms with E-state index in [1.54, 1.807) is 0 Å². The van der Waals surface area contributed by atoms with Crippen LogP contribution in [0.1, 0.15) is 12.8 Å². The highest BCUT2D eigenvalue weighted by Crippen LogP contribution is 2.16. The second kappa shape index (κ2) is 7.13. The quantitative estimate of drug-likeness (QED) is 0.692. The van der Waals surface area contributed by atoms with Crippen LogP contribution in [-0.2, 0) is 4.74 Å². The monoisotopic (exact) mass is 252 g/mol. The number of rotatable bonds is 6. The number of nitrogens with one attached hydrogen (secondary N) is 2. The van der Waals surface area contributed by atoms with E-state index in [-0.39, 0.29) is 6.61 Å². The van der Waals surface area contributed by atoms with E-state index in [1.165, 1.54) is 6.33 Å². The lowest BCUT2D eigenvalue weighted by Gasteiger charge is -2.22. The Morgan fingerprint density at radius 3 is 2.67 bits per heavy atom. The van der Waals surface area contributed by atoms with E-state index in [0.717, 1.165) is 44.2 Å². The summed E-state index contributed by atoms with van der Waals surface area (Å²) in [7, 11) is 0. The van der Waals surface area contributed by atoms with Crippen molar-refractivity contribution in [2.24, 2.45) is 5.92 Å². The number of aliphatic hydroxyl groups is 1. The molecule has 0 aliphatic carbocycles. The third kappa shape index (κ3) is 4.12.